The van der Waals surface area contributed by atoms with Gasteiger partial charge in [-0.1, -0.05) is 22.9 Å². The molecule has 3 aromatic heterocycles. The van der Waals surface area contributed by atoms with Gasteiger partial charge in [0.2, 0.25) is 5.91 Å². The Hall–Kier alpha value is -3.08. The van der Waals surface area contributed by atoms with Crippen molar-refractivity contribution in [1.29, 1.82) is 0 Å². The number of nitrogens with zero attached hydrogens (tertiary/aromatic N) is 2. The largest absolute Gasteiger partial charge is 0.328 e. The number of halogens is 1. The first kappa shape index (κ1) is 20.2. The number of amides is 2. The molecule has 11 heteroatoms. The minimum atomic E-state index is -0.536. The molecule has 3 heterocycles. The number of H-pyrrole nitrogens is 1. The predicted molar refractivity (Wildman–Crippen MR) is 119 cm³/mol. The average molecular weight is 460 g/mol. The lowest BCUT2D eigenvalue weighted by Crippen LogP contribution is -2.22. The van der Waals surface area contributed by atoms with Crippen molar-refractivity contribution in [3.63, 3.8) is 0 Å². The smallest absolute Gasteiger partial charge is 0.263 e. The summed E-state index contributed by atoms with van der Waals surface area (Å²) in [5, 5.41) is 8.63. The summed E-state index contributed by atoms with van der Waals surface area (Å²) in [6, 6.07) is 8.36. The number of hydrogen-bond acceptors (Lipinski definition) is 7. The van der Waals surface area contributed by atoms with E-state index in [-0.39, 0.29) is 17.9 Å². The number of benzene rings is 1. The van der Waals surface area contributed by atoms with Gasteiger partial charge in [0, 0.05) is 23.0 Å². The number of carbonyl (C=O) groups excluding carboxylic acids is 2. The molecule has 0 bridgehead atoms. The molecule has 0 fully saturated rings. The zero-order valence-corrected chi connectivity index (χ0v) is 17.7. The van der Waals surface area contributed by atoms with E-state index in [0.717, 1.165) is 10.2 Å². The summed E-state index contributed by atoms with van der Waals surface area (Å²) in [4.78, 5) is 47.2. The van der Waals surface area contributed by atoms with Crippen LogP contribution in [0, 0.1) is 0 Å². The fraction of sp³-hybridized carbons (Fsp3) is 0.105. The van der Waals surface area contributed by atoms with Crippen LogP contribution in [0.1, 0.15) is 22.5 Å². The highest BCUT2D eigenvalue weighted by Crippen LogP contribution is 2.28. The molecule has 0 radical (unpaired) electrons. The molecule has 1 aromatic carbocycles. The van der Waals surface area contributed by atoms with E-state index in [4.69, 9.17) is 11.6 Å². The number of carbonyl (C=O) groups is 2. The molecule has 2 amide bonds. The molecule has 0 unspecified atom stereocenters. The van der Waals surface area contributed by atoms with Crippen LogP contribution in [-0.4, -0.2) is 26.8 Å². The molecule has 3 N–H and O–H groups in total. The summed E-state index contributed by atoms with van der Waals surface area (Å²) in [6.45, 7) is 0. The molecule has 30 heavy (non-hydrogen) atoms. The van der Waals surface area contributed by atoms with Crippen LogP contribution < -0.4 is 16.2 Å². The maximum Gasteiger partial charge on any atom is 0.263 e. The van der Waals surface area contributed by atoms with Gasteiger partial charge in [0.1, 0.15) is 5.56 Å². The lowest BCUT2D eigenvalue weighted by Gasteiger charge is -2.01. The number of nitrogens with one attached hydrogen (secondary N) is 3. The van der Waals surface area contributed by atoms with E-state index in [1.165, 1.54) is 34.9 Å². The molecule has 0 aliphatic rings. The Kier molecular flexibility index (Phi) is 5.88. The second kappa shape index (κ2) is 8.74. The highest BCUT2D eigenvalue weighted by atomic mass is 35.5. The van der Waals surface area contributed by atoms with Gasteiger partial charge in [-0.15, -0.1) is 11.3 Å². The number of anilines is 2. The number of aromatic amines is 1. The first-order valence-electron chi connectivity index (χ1n) is 8.77. The number of pyridine rings is 1. The molecule has 0 atom stereocenters. The molecule has 4 rings (SSSR count). The number of fused-ring (bicyclic) bond motifs is 1. The minimum absolute atomic E-state index is 0.00532. The third-order valence-electron chi connectivity index (χ3n) is 4.04. The zero-order chi connectivity index (χ0) is 21.1. The van der Waals surface area contributed by atoms with Crippen LogP contribution in [-0.2, 0) is 11.2 Å². The average Bonchev–Trinajstić information content (AvgIpc) is 3.32. The lowest BCUT2D eigenvalue weighted by molar-refractivity contribution is -0.116. The van der Waals surface area contributed by atoms with Crippen molar-refractivity contribution >= 4 is 66.6 Å². The monoisotopic (exact) mass is 459 g/mol. The minimum Gasteiger partial charge on any atom is -0.328 e. The summed E-state index contributed by atoms with van der Waals surface area (Å²) >= 11 is 8.55. The Morgan fingerprint density at radius 1 is 1.13 bits per heavy atom. The number of rotatable bonds is 6. The Labute approximate surface area is 183 Å². The SMILES string of the molecule is O=C(CCc1csc(NC(=O)c2ccc[nH]c2=O)n1)Nc1nc2ccc(Cl)cc2s1. The van der Waals surface area contributed by atoms with Crippen molar-refractivity contribution in [1.82, 2.24) is 15.0 Å². The summed E-state index contributed by atoms with van der Waals surface area (Å²) in [7, 11) is 0. The second-order valence-electron chi connectivity index (χ2n) is 6.19. The molecule has 0 spiro atoms. The molecule has 0 aliphatic heterocycles. The number of thiazole rings is 2. The van der Waals surface area contributed by atoms with Gasteiger partial charge in [0.25, 0.3) is 11.5 Å². The van der Waals surface area contributed by atoms with Crippen molar-refractivity contribution < 1.29 is 9.59 Å². The van der Waals surface area contributed by atoms with E-state index >= 15 is 0 Å². The molecule has 0 aliphatic carbocycles. The Morgan fingerprint density at radius 3 is 2.83 bits per heavy atom. The van der Waals surface area contributed by atoms with Crippen molar-refractivity contribution in [2.75, 3.05) is 10.6 Å². The van der Waals surface area contributed by atoms with Gasteiger partial charge in [-0.2, -0.15) is 0 Å². The Balaban J connectivity index is 1.32. The van der Waals surface area contributed by atoms with Crippen molar-refractivity contribution in [2.24, 2.45) is 0 Å². The summed E-state index contributed by atoms with van der Waals surface area (Å²) in [6.07, 6.45) is 2.07. The van der Waals surface area contributed by atoms with E-state index in [1.54, 1.807) is 29.6 Å². The van der Waals surface area contributed by atoms with Crippen LogP contribution in [0.2, 0.25) is 5.02 Å². The normalized spacial score (nSPS) is 10.8. The van der Waals surface area contributed by atoms with Crippen LogP contribution in [0.25, 0.3) is 10.2 Å². The Bertz CT molecular complexity index is 1300. The molecule has 0 saturated carbocycles. The van der Waals surface area contributed by atoms with Gasteiger partial charge in [0.15, 0.2) is 10.3 Å². The molecule has 8 nitrogen and oxygen atoms in total. The van der Waals surface area contributed by atoms with E-state index in [2.05, 4.69) is 25.6 Å². The molecule has 152 valence electrons. The van der Waals surface area contributed by atoms with Crippen LogP contribution in [0.5, 0.6) is 0 Å². The van der Waals surface area contributed by atoms with Crippen LogP contribution in [0.15, 0.2) is 46.7 Å². The molecule has 4 aromatic rings. The van der Waals surface area contributed by atoms with Gasteiger partial charge in [-0.05, 0) is 36.8 Å². The number of aryl methyl sites for hydroxylation is 1. The first-order chi connectivity index (χ1) is 14.5. The number of hydrogen-bond donors (Lipinski definition) is 3. The summed E-state index contributed by atoms with van der Waals surface area (Å²) in [5.41, 5.74) is 0.978. The van der Waals surface area contributed by atoms with Crippen molar-refractivity contribution in [2.45, 2.75) is 12.8 Å². The fourth-order valence-corrected chi connectivity index (χ4v) is 4.52. The summed E-state index contributed by atoms with van der Waals surface area (Å²) in [5.74, 6) is -0.721. The van der Waals surface area contributed by atoms with Gasteiger partial charge < -0.3 is 10.3 Å². The highest BCUT2D eigenvalue weighted by molar-refractivity contribution is 7.22. The van der Waals surface area contributed by atoms with Crippen LogP contribution in [0.4, 0.5) is 10.3 Å². The number of aromatic nitrogens is 3. The maximum atomic E-state index is 12.2. The van der Waals surface area contributed by atoms with E-state index in [9.17, 15) is 14.4 Å². The Morgan fingerprint density at radius 2 is 2.00 bits per heavy atom. The molecular formula is C19H14ClN5O3S2. The van der Waals surface area contributed by atoms with E-state index < -0.39 is 11.5 Å². The highest BCUT2D eigenvalue weighted by Gasteiger charge is 2.13. The van der Waals surface area contributed by atoms with Gasteiger partial charge >= 0.3 is 0 Å². The van der Waals surface area contributed by atoms with Gasteiger partial charge in [-0.3, -0.25) is 19.7 Å². The molecule has 0 saturated heterocycles. The van der Waals surface area contributed by atoms with Crippen LogP contribution >= 0.6 is 34.3 Å². The topological polar surface area (TPSA) is 117 Å². The standard InChI is InChI=1S/C19H14ClN5O3S2/c20-10-3-5-13-14(8-10)30-19(23-13)24-15(26)6-4-11-9-29-18(22-11)25-17(28)12-2-1-7-21-16(12)27/h1-3,5,7-9H,4,6H2,(H,21,27)(H,22,25,28)(H,23,24,26). The first-order valence-corrected chi connectivity index (χ1v) is 10.8. The summed E-state index contributed by atoms with van der Waals surface area (Å²) < 4.78 is 0.898. The maximum absolute atomic E-state index is 12.2. The second-order valence-corrected chi connectivity index (χ2v) is 8.52. The van der Waals surface area contributed by atoms with Crippen LogP contribution in [0.3, 0.4) is 0 Å². The third-order valence-corrected chi connectivity index (χ3v) is 6.02. The van der Waals surface area contributed by atoms with Crippen molar-refractivity contribution in [3.8, 4) is 0 Å². The van der Waals surface area contributed by atoms with E-state index in [1.807, 2.05) is 0 Å². The third kappa shape index (κ3) is 4.73. The van der Waals surface area contributed by atoms with Gasteiger partial charge in [0.05, 0.1) is 15.9 Å². The van der Waals surface area contributed by atoms with Crippen molar-refractivity contribution in [3.05, 3.63) is 68.5 Å². The van der Waals surface area contributed by atoms with E-state index in [0.29, 0.717) is 27.4 Å². The molecular weight excluding hydrogens is 446 g/mol. The predicted octanol–water partition coefficient (Wildman–Crippen LogP) is 3.92. The quantitative estimate of drug-likeness (QED) is 0.404. The fourth-order valence-electron chi connectivity index (χ4n) is 2.62. The zero-order valence-electron chi connectivity index (χ0n) is 15.3. The lowest BCUT2D eigenvalue weighted by atomic mass is 10.2. The van der Waals surface area contributed by atoms with Gasteiger partial charge in [-0.25, -0.2) is 9.97 Å².